The number of ether oxygens (including phenoxy) is 5. The highest BCUT2D eigenvalue weighted by molar-refractivity contribution is 5.91. The molecular formula is C37H40O7. The number of allylic oxidation sites excluding steroid dienone is 5. The molecule has 0 N–H and O–H groups in total. The Kier molecular flexibility index (Phi) is 10.7. The highest BCUT2D eigenvalue weighted by Crippen LogP contribution is 2.40. The second-order valence-electron chi connectivity index (χ2n) is 11.2. The van der Waals surface area contributed by atoms with Gasteiger partial charge in [0.25, 0.3) is 0 Å². The van der Waals surface area contributed by atoms with E-state index >= 15 is 0 Å². The van der Waals surface area contributed by atoms with Gasteiger partial charge in [0.05, 0.1) is 6.10 Å². The summed E-state index contributed by atoms with van der Waals surface area (Å²) in [6.07, 6.45) is 10.1. The van der Waals surface area contributed by atoms with Crippen molar-refractivity contribution in [2.75, 3.05) is 13.2 Å². The molecule has 2 aliphatic rings. The fourth-order valence-electron chi connectivity index (χ4n) is 4.91. The molecule has 0 spiro atoms. The standard InChI is InChI=1S/C37H40O7/c1-23(2)26(7)42-33-15-12-29-20-28(8-9-30(29)21-33)27-10-13-31(14-11-27)40-18-19-41-32-16-17-34(43-36(38)24(3)4)35(22-32)44-37(39)25(5)6/h8-11,13-14,16-17,20,22,29-30,33H,1,3,5,7,12,15,18-19,21H2,2,4,6H3. The van der Waals surface area contributed by atoms with Crippen molar-refractivity contribution in [2.24, 2.45) is 11.8 Å². The number of esters is 2. The Morgan fingerprint density at radius 1 is 0.750 bits per heavy atom. The molecule has 1 saturated carbocycles. The summed E-state index contributed by atoms with van der Waals surface area (Å²) in [7, 11) is 0. The third kappa shape index (κ3) is 8.63. The maximum atomic E-state index is 12.1. The topological polar surface area (TPSA) is 80.3 Å². The minimum atomic E-state index is -0.649. The van der Waals surface area contributed by atoms with Crippen LogP contribution in [-0.2, 0) is 14.3 Å². The number of fused-ring (bicyclic) bond motifs is 1. The first-order valence-corrected chi connectivity index (χ1v) is 14.7. The number of carbonyl (C=O) groups excluding carboxylic acids is 2. The Morgan fingerprint density at radius 2 is 1.36 bits per heavy atom. The summed E-state index contributed by atoms with van der Waals surface area (Å²) in [6, 6.07) is 12.6. The molecule has 0 bridgehead atoms. The molecule has 3 unspecified atom stereocenters. The molecule has 2 aromatic rings. The van der Waals surface area contributed by atoms with Crippen LogP contribution in [0.4, 0.5) is 0 Å². The lowest BCUT2D eigenvalue weighted by atomic mass is 9.74. The molecule has 2 aliphatic carbocycles. The molecule has 230 valence electrons. The van der Waals surface area contributed by atoms with E-state index in [2.05, 4.69) is 56.7 Å². The summed E-state index contributed by atoms with van der Waals surface area (Å²) in [6.45, 7) is 20.6. The molecule has 0 aliphatic heterocycles. The molecule has 7 heteroatoms. The van der Waals surface area contributed by atoms with Gasteiger partial charge in [0.1, 0.15) is 30.5 Å². The van der Waals surface area contributed by atoms with E-state index in [-0.39, 0.29) is 35.4 Å². The predicted molar refractivity (Wildman–Crippen MR) is 172 cm³/mol. The van der Waals surface area contributed by atoms with E-state index in [9.17, 15) is 9.59 Å². The molecule has 44 heavy (non-hydrogen) atoms. The minimum absolute atomic E-state index is 0.0362. The number of benzene rings is 2. The van der Waals surface area contributed by atoms with Gasteiger partial charge in [-0.15, -0.1) is 0 Å². The Balaban J connectivity index is 1.28. The van der Waals surface area contributed by atoms with E-state index in [0.717, 1.165) is 36.1 Å². The largest absolute Gasteiger partial charge is 0.491 e. The maximum absolute atomic E-state index is 12.1. The highest BCUT2D eigenvalue weighted by Gasteiger charge is 2.31. The lowest BCUT2D eigenvalue weighted by Crippen LogP contribution is -2.29. The normalized spacial score (nSPS) is 18.6. The van der Waals surface area contributed by atoms with Gasteiger partial charge in [-0.05, 0) is 92.8 Å². The molecule has 0 heterocycles. The molecule has 1 fully saturated rings. The average Bonchev–Trinajstić information content (AvgIpc) is 3.00. The van der Waals surface area contributed by atoms with Crippen LogP contribution in [-0.4, -0.2) is 31.3 Å². The average molecular weight is 597 g/mol. The molecule has 0 radical (unpaired) electrons. The fourth-order valence-corrected chi connectivity index (χ4v) is 4.91. The lowest BCUT2D eigenvalue weighted by molar-refractivity contribution is -0.132. The van der Waals surface area contributed by atoms with Crippen LogP contribution in [0.15, 0.2) is 109 Å². The molecule has 0 amide bonds. The first-order valence-electron chi connectivity index (χ1n) is 14.7. The van der Waals surface area contributed by atoms with E-state index in [1.54, 1.807) is 6.07 Å². The zero-order chi connectivity index (χ0) is 31.8. The van der Waals surface area contributed by atoms with Crippen molar-refractivity contribution in [1.82, 2.24) is 0 Å². The SMILES string of the molecule is C=C(C)C(=C)OC1CCC2C=C(c3ccc(OCCOc4ccc(OC(=O)C(=C)C)c(OC(=O)C(=C)C)c4)cc3)C=CC2C1. The van der Waals surface area contributed by atoms with Crippen LogP contribution in [0.3, 0.4) is 0 Å². The van der Waals surface area contributed by atoms with Crippen molar-refractivity contribution in [3.63, 3.8) is 0 Å². The van der Waals surface area contributed by atoms with Crippen molar-refractivity contribution >= 4 is 17.5 Å². The monoisotopic (exact) mass is 596 g/mol. The Morgan fingerprint density at radius 3 is 2.00 bits per heavy atom. The number of rotatable bonds is 13. The van der Waals surface area contributed by atoms with E-state index in [1.165, 1.54) is 31.6 Å². The molecule has 4 rings (SSSR count). The van der Waals surface area contributed by atoms with Crippen LogP contribution in [0.5, 0.6) is 23.0 Å². The summed E-state index contributed by atoms with van der Waals surface area (Å²) < 4.78 is 28.3. The van der Waals surface area contributed by atoms with E-state index in [4.69, 9.17) is 23.7 Å². The molecule has 3 atom stereocenters. The number of carbonyl (C=O) groups is 2. The van der Waals surface area contributed by atoms with Gasteiger partial charge in [-0.3, -0.25) is 0 Å². The minimum Gasteiger partial charge on any atom is -0.491 e. The lowest BCUT2D eigenvalue weighted by Gasteiger charge is -2.35. The third-order valence-corrected chi connectivity index (χ3v) is 7.43. The first-order chi connectivity index (χ1) is 21.0. The Hall–Kier alpha value is -4.78. The van der Waals surface area contributed by atoms with Crippen LogP contribution in [0, 0.1) is 11.8 Å². The summed E-state index contributed by atoms with van der Waals surface area (Å²) in [4.78, 5) is 24.1. The van der Waals surface area contributed by atoms with Crippen molar-refractivity contribution in [3.05, 3.63) is 115 Å². The van der Waals surface area contributed by atoms with Crippen molar-refractivity contribution < 1.29 is 33.3 Å². The molecular weight excluding hydrogens is 556 g/mol. The van der Waals surface area contributed by atoms with E-state index < -0.39 is 11.9 Å². The smallest absolute Gasteiger partial charge is 0.338 e. The van der Waals surface area contributed by atoms with Gasteiger partial charge >= 0.3 is 11.9 Å². The molecule has 0 aromatic heterocycles. The van der Waals surface area contributed by atoms with Crippen LogP contribution < -0.4 is 18.9 Å². The second kappa shape index (κ2) is 14.6. The first kappa shape index (κ1) is 32.1. The number of hydrogen-bond donors (Lipinski definition) is 0. The fraction of sp³-hybridized carbons (Fsp3) is 0.297. The zero-order valence-electron chi connectivity index (χ0n) is 25.7. The van der Waals surface area contributed by atoms with Gasteiger partial charge in [0.2, 0.25) is 0 Å². The van der Waals surface area contributed by atoms with Gasteiger partial charge in [-0.1, -0.05) is 56.7 Å². The van der Waals surface area contributed by atoms with Gasteiger partial charge in [0, 0.05) is 17.2 Å². The van der Waals surface area contributed by atoms with Crippen LogP contribution in [0.1, 0.15) is 45.6 Å². The quantitative estimate of drug-likeness (QED) is 0.0580. The summed E-state index contributed by atoms with van der Waals surface area (Å²) >= 11 is 0. The van der Waals surface area contributed by atoms with Gasteiger partial charge < -0.3 is 23.7 Å². The van der Waals surface area contributed by atoms with Crippen molar-refractivity contribution in [3.8, 4) is 23.0 Å². The van der Waals surface area contributed by atoms with Crippen LogP contribution >= 0.6 is 0 Å². The number of hydrogen-bond acceptors (Lipinski definition) is 7. The third-order valence-electron chi connectivity index (χ3n) is 7.43. The van der Waals surface area contributed by atoms with Gasteiger partial charge in [-0.2, -0.15) is 0 Å². The molecule has 2 aromatic carbocycles. The van der Waals surface area contributed by atoms with E-state index in [0.29, 0.717) is 30.0 Å². The summed E-state index contributed by atoms with van der Waals surface area (Å²) in [5.74, 6) is 1.62. The maximum Gasteiger partial charge on any atom is 0.338 e. The Bertz CT molecular complexity index is 1510. The Labute approximate surface area is 259 Å². The molecule has 7 nitrogen and oxygen atoms in total. The van der Waals surface area contributed by atoms with Gasteiger partial charge in [-0.25, -0.2) is 9.59 Å². The summed E-state index contributed by atoms with van der Waals surface area (Å²) in [5, 5.41) is 0. The highest BCUT2D eigenvalue weighted by atomic mass is 16.6. The van der Waals surface area contributed by atoms with Crippen molar-refractivity contribution in [1.29, 1.82) is 0 Å². The van der Waals surface area contributed by atoms with E-state index in [1.807, 2.05) is 19.1 Å². The summed E-state index contributed by atoms with van der Waals surface area (Å²) in [5.41, 5.74) is 3.64. The van der Waals surface area contributed by atoms with Crippen LogP contribution in [0.25, 0.3) is 5.57 Å². The van der Waals surface area contributed by atoms with Crippen molar-refractivity contribution in [2.45, 2.75) is 46.1 Å². The van der Waals surface area contributed by atoms with Crippen LogP contribution in [0.2, 0.25) is 0 Å². The zero-order valence-corrected chi connectivity index (χ0v) is 25.7. The van der Waals surface area contributed by atoms with Gasteiger partial charge in [0.15, 0.2) is 11.5 Å². The molecule has 0 saturated heterocycles. The second-order valence-corrected chi connectivity index (χ2v) is 11.2. The predicted octanol–water partition coefficient (Wildman–Crippen LogP) is 7.95.